The third-order valence-electron chi connectivity index (χ3n) is 4.43. The number of benzene rings is 2. The molecular weight excluding hydrogens is 425 g/mol. The highest BCUT2D eigenvalue weighted by molar-refractivity contribution is 6.35. The van der Waals surface area contributed by atoms with Crippen molar-refractivity contribution in [1.82, 2.24) is 4.90 Å². The van der Waals surface area contributed by atoms with E-state index >= 15 is 0 Å². The van der Waals surface area contributed by atoms with Crippen LogP contribution in [0.4, 0.5) is 11.4 Å². The topological polar surface area (TPSA) is 66.7 Å². The number of halogens is 3. The lowest BCUT2D eigenvalue weighted by molar-refractivity contribution is -0.384. The highest BCUT2D eigenvalue weighted by atomic mass is 35.5. The number of amides is 1. The summed E-state index contributed by atoms with van der Waals surface area (Å²) in [6.07, 6.45) is 3.12. The number of anilines is 1. The SMILES string of the molecule is O=C(C=Cc1ccc(Cl)cc1Cl)N1CCN(c2ccc(Cl)cc2[N+](=O)[O-])CC1. The maximum atomic E-state index is 12.4. The van der Waals surface area contributed by atoms with Crippen molar-refractivity contribution in [2.24, 2.45) is 0 Å². The lowest BCUT2D eigenvalue weighted by atomic mass is 10.2. The van der Waals surface area contributed by atoms with Crippen molar-refractivity contribution in [3.05, 3.63) is 73.2 Å². The fourth-order valence-electron chi connectivity index (χ4n) is 2.98. The van der Waals surface area contributed by atoms with E-state index in [1.165, 1.54) is 12.1 Å². The molecule has 3 rings (SSSR count). The number of hydrogen-bond acceptors (Lipinski definition) is 4. The molecule has 2 aromatic carbocycles. The summed E-state index contributed by atoms with van der Waals surface area (Å²) in [5.74, 6) is -0.142. The maximum Gasteiger partial charge on any atom is 0.294 e. The molecule has 0 bridgehead atoms. The van der Waals surface area contributed by atoms with E-state index in [1.54, 1.807) is 41.3 Å². The van der Waals surface area contributed by atoms with Crippen molar-refractivity contribution in [2.45, 2.75) is 0 Å². The number of carbonyl (C=O) groups is 1. The molecule has 0 unspecified atom stereocenters. The first-order valence-corrected chi connectivity index (χ1v) is 9.59. The van der Waals surface area contributed by atoms with Crippen LogP contribution in [-0.2, 0) is 4.79 Å². The van der Waals surface area contributed by atoms with Gasteiger partial charge in [-0.3, -0.25) is 14.9 Å². The summed E-state index contributed by atoms with van der Waals surface area (Å²) in [6.45, 7) is 1.89. The van der Waals surface area contributed by atoms with Crippen molar-refractivity contribution in [3.63, 3.8) is 0 Å². The molecule has 2 aromatic rings. The molecule has 1 saturated heterocycles. The van der Waals surface area contributed by atoms with E-state index in [9.17, 15) is 14.9 Å². The fraction of sp³-hybridized carbons (Fsp3) is 0.211. The van der Waals surface area contributed by atoms with Gasteiger partial charge in [0.15, 0.2) is 0 Å². The number of carbonyl (C=O) groups excluding carboxylic acids is 1. The zero-order chi connectivity index (χ0) is 20.3. The van der Waals surface area contributed by atoms with E-state index in [0.717, 1.165) is 0 Å². The van der Waals surface area contributed by atoms with Crippen molar-refractivity contribution in [2.75, 3.05) is 31.1 Å². The Labute approximate surface area is 177 Å². The zero-order valence-corrected chi connectivity index (χ0v) is 16.9. The number of nitro benzene ring substituents is 1. The largest absolute Gasteiger partial charge is 0.362 e. The molecule has 28 heavy (non-hydrogen) atoms. The van der Waals surface area contributed by atoms with Gasteiger partial charge in [0.05, 0.1) is 4.92 Å². The van der Waals surface area contributed by atoms with Crippen LogP contribution < -0.4 is 4.90 Å². The third kappa shape index (κ3) is 4.76. The minimum absolute atomic E-state index is 0.0375. The average molecular weight is 441 g/mol. The Balaban J connectivity index is 1.64. The molecule has 146 valence electrons. The standard InChI is InChI=1S/C19H16Cl3N3O3/c20-14-3-1-13(16(22)11-14)2-6-19(26)24-9-7-23(8-10-24)17-5-4-15(21)12-18(17)25(27)28/h1-6,11-12H,7-10H2. The van der Waals surface area contributed by atoms with Gasteiger partial charge < -0.3 is 9.80 Å². The molecule has 0 radical (unpaired) electrons. The quantitative estimate of drug-likeness (QED) is 0.384. The van der Waals surface area contributed by atoms with E-state index in [1.807, 2.05) is 4.90 Å². The molecule has 0 aromatic heterocycles. The monoisotopic (exact) mass is 439 g/mol. The van der Waals surface area contributed by atoms with Crippen LogP contribution in [0.25, 0.3) is 6.08 Å². The van der Waals surface area contributed by atoms with Crippen LogP contribution in [-0.4, -0.2) is 41.9 Å². The van der Waals surface area contributed by atoms with Crippen LogP contribution in [0.15, 0.2) is 42.5 Å². The van der Waals surface area contributed by atoms with Gasteiger partial charge >= 0.3 is 0 Å². The number of hydrogen-bond donors (Lipinski definition) is 0. The zero-order valence-electron chi connectivity index (χ0n) is 14.6. The maximum absolute atomic E-state index is 12.4. The molecule has 9 heteroatoms. The van der Waals surface area contributed by atoms with Gasteiger partial charge in [-0.1, -0.05) is 40.9 Å². The first-order valence-electron chi connectivity index (χ1n) is 8.46. The molecule has 6 nitrogen and oxygen atoms in total. The highest BCUT2D eigenvalue weighted by Crippen LogP contribution is 2.31. The first-order chi connectivity index (χ1) is 13.3. The molecule has 0 spiro atoms. The summed E-state index contributed by atoms with van der Waals surface area (Å²) in [4.78, 5) is 26.9. The second kappa shape index (κ2) is 8.82. The highest BCUT2D eigenvalue weighted by Gasteiger charge is 2.25. The van der Waals surface area contributed by atoms with Gasteiger partial charge in [0.2, 0.25) is 5.91 Å². The van der Waals surface area contributed by atoms with Crippen LogP contribution in [0.1, 0.15) is 5.56 Å². The Morgan fingerprint density at radius 2 is 1.64 bits per heavy atom. The van der Waals surface area contributed by atoms with E-state index in [-0.39, 0.29) is 11.6 Å². The summed E-state index contributed by atoms with van der Waals surface area (Å²) >= 11 is 17.8. The smallest absolute Gasteiger partial charge is 0.294 e. The Morgan fingerprint density at radius 3 is 2.29 bits per heavy atom. The predicted octanol–water partition coefficient (Wildman–Crippen LogP) is 4.92. The van der Waals surface area contributed by atoms with Gasteiger partial charge in [0, 0.05) is 53.4 Å². The van der Waals surface area contributed by atoms with Gasteiger partial charge in [0.25, 0.3) is 5.69 Å². The van der Waals surface area contributed by atoms with Crippen molar-refractivity contribution < 1.29 is 9.72 Å². The first kappa shape index (κ1) is 20.5. The van der Waals surface area contributed by atoms with Crippen molar-refractivity contribution >= 4 is 58.2 Å². The molecule has 1 aliphatic rings. The van der Waals surface area contributed by atoms with E-state index in [0.29, 0.717) is 52.5 Å². The van der Waals surface area contributed by atoms with Gasteiger partial charge in [-0.25, -0.2) is 0 Å². The van der Waals surface area contributed by atoms with Crippen LogP contribution in [0.3, 0.4) is 0 Å². The van der Waals surface area contributed by atoms with Gasteiger partial charge in [0.1, 0.15) is 5.69 Å². The average Bonchev–Trinajstić information content (AvgIpc) is 2.67. The lowest BCUT2D eigenvalue weighted by Crippen LogP contribution is -2.48. The Hall–Kier alpha value is -2.28. The summed E-state index contributed by atoms with van der Waals surface area (Å²) in [6, 6.07) is 9.67. The Bertz CT molecular complexity index is 941. The van der Waals surface area contributed by atoms with Crippen LogP contribution in [0.2, 0.25) is 15.1 Å². The molecular formula is C19H16Cl3N3O3. The molecule has 1 fully saturated rings. The van der Waals surface area contributed by atoms with Crippen LogP contribution in [0.5, 0.6) is 0 Å². The second-order valence-corrected chi connectivity index (χ2v) is 7.48. The molecule has 1 heterocycles. The number of piperazine rings is 1. The normalized spacial score (nSPS) is 14.5. The predicted molar refractivity (Wildman–Crippen MR) is 112 cm³/mol. The summed E-state index contributed by atoms with van der Waals surface area (Å²) in [5, 5.41) is 12.6. The molecule has 0 saturated carbocycles. The third-order valence-corrected chi connectivity index (χ3v) is 5.23. The van der Waals surface area contributed by atoms with Gasteiger partial charge in [-0.05, 0) is 35.9 Å². The Kier molecular flexibility index (Phi) is 6.44. The molecule has 1 amide bonds. The minimum atomic E-state index is -0.447. The second-order valence-electron chi connectivity index (χ2n) is 6.20. The molecule has 0 atom stereocenters. The van der Waals surface area contributed by atoms with Crippen molar-refractivity contribution in [3.8, 4) is 0 Å². The van der Waals surface area contributed by atoms with E-state index in [2.05, 4.69) is 0 Å². The number of nitrogens with zero attached hydrogens (tertiary/aromatic N) is 3. The molecule has 0 aliphatic carbocycles. The van der Waals surface area contributed by atoms with Gasteiger partial charge in [-0.15, -0.1) is 0 Å². The molecule has 1 aliphatic heterocycles. The van der Waals surface area contributed by atoms with Crippen molar-refractivity contribution in [1.29, 1.82) is 0 Å². The van der Waals surface area contributed by atoms with E-state index in [4.69, 9.17) is 34.8 Å². The Morgan fingerprint density at radius 1 is 1.00 bits per heavy atom. The minimum Gasteiger partial charge on any atom is -0.362 e. The lowest BCUT2D eigenvalue weighted by Gasteiger charge is -2.35. The molecule has 0 N–H and O–H groups in total. The van der Waals surface area contributed by atoms with Gasteiger partial charge in [-0.2, -0.15) is 0 Å². The fourth-order valence-corrected chi connectivity index (χ4v) is 3.62. The summed E-state index contributed by atoms with van der Waals surface area (Å²) in [7, 11) is 0. The number of nitro groups is 1. The van der Waals surface area contributed by atoms with Crippen LogP contribution in [0, 0.1) is 10.1 Å². The summed E-state index contributed by atoms with van der Waals surface area (Å²) in [5.41, 5.74) is 1.17. The summed E-state index contributed by atoms with van der Waals surface area (Å²) < 4.78 is 0. The number of rotatable bonds is 4. The van der Waals surface area contributed by atoms with E-state index < -0.39 is 4.92 Å². The van der Waals surface area contributed by atoms with Crippen LogP contribution >= 0.6 is 34.8 Å².